The summed E-state index contributed by atoms with van der Waals surface area (Å²) in [5.41, 5.74) is 6.42. The molecule has 0 saturated carbocycles. The first-order valence-corrected chi connectivity index (χ1v) is 9.78. The van der Waals surface area contributed by atoms with Gasteiger partial charge in [-0.15, -0.1) is 0 Å². The number of rotatable bonds is 5. The fourth-order valence-corrected chi connectivity index (χ4v) is 3.78. The molecule has 2 saturated heterocycles. The number of hydrogen-bond acceptors (Lipinski definition) is 5. The summed E-state index contributed by atoms with van der Waals surface area (Å²) in [5, 5.41) is 6.64. The second kappa shape index (κ2) is 8.91. The molecular formula is C19H27ClN4O3. The molecule has 7 nitrogen and oxygen atoms in total. The fourth-order valence-electron chi connectivity index (χ4n) is 3.62. The summed E-state index contributed by atoms with van der Waals surface area (Å²) in [6, 6.07) is 5.44. The van der Waals surface area contributed by atoms with E-state index in [1.807, 2.05) is 30.0 Å². The van der Waals surface area contributed by atoms with Crippen LogP contribution < -0.4 is 21.1 Å². The number of amides is 2. The smallest absolute Gasteiger partial charge is 0.239 e. The summed E-state index contributed by atoms with van der Waals surface area (Å²) in [4.78, 5) is 26.0. The normalized spacial score (nSPS) is 23.3. The molecule has 0 bridgehead atoms. The fraction of sp³-hybridized carbons (Fsp3) is 0.579. The number of ether oxygens (including phenoxy) is 1. The second-order valence-corrected chi connectivity index (χ2v) is 7.65. The third-order valence-electron chi connectivity index (χ3n) is 5.11. The van der Waals surface area contributed by atoms with Crippen molar-refractivity contribution in [3.8, 4) is 5.75 Å². The van der Waals surface area contributed by atoms with Crippen molar-refractivity contribution in [1.29, 1.82) is 0 Å². The molecule has 0 radical (unpaired) electrons. The van der Waals surface area contributed by atoms with Gasteiger partial charge in [0.15, 0.2) is 0 Å². The van der Waals surface area contributed by atoms with E-state index in [1.54, 1.807) is 0 Å². The van der Waals surface area contributed by atoms with Gasteiger partial charge in [-0.25, -0.2) is 0 Å². The van der Waals surface area contributed by atoms with Gasteiger partial charge in [0.1, 0.15) is 11.9 Å². The third-order valence-corrected chi connectivity index (χ3v) is 5.43. The predicted molar refractivity (Wildman–Crippen MR) is 104 cm³/mol. The third kappa shape index (κ3) is 5.12. The van der Waals surface area contributed by atoms with Gasteiger partial charge < -0.3 is 26.0 Å². The van der Waals surface area contributed by atoms with Crippen LogP contribution in [0.5, 0.6) is 5.75 Å². The summed E-state index contributed by atoms with van der Waals surface area (Å²) in [5.74, 6) is 0.603. The summed E-state index contributed by atoms with van der Waals surface area (Å²) < 4.78 is 6.05. The Morgan fingerprint density at radius 3 is 2.81 bits per heavy atom. The van der Waals surface area contributed by atoms with Crippen molar-refractivity contribution in [3.05, 3.63) is 28.8 Å². The van der Waals surface area contributed by atoms with Crippen LogP contribution in [0, 0.1) is 6.92 Å². The largest absolute Gasteiger partial charge is 0.489 e. The van der Waals surface area contributed by atoms with Crippen molar-refractivity contribution >= 4 is 23.4 Å². The van der Waals surface area contributed by atoms with Crippen molar-refractivity contribution in [3.63, 3.8) is 0 Å². The van der Waals surface area contributed by atoms with E-state index in [2.05, 4.69) is 10.6 Å². The Labute approximate surface area is 164 Å². The molecule has 2 aliphatic rings. The minimum atomic E-state index is -0.253. The van der Waals surface area contributed by atoms with Crippen LogP contribution in [-0.4, -0.2) is 61.1 Å². The van der Waals surface area contributed by atoms with Gasteiger partial charge in [0, 0.05) is 38.5 Å². The molecule has 1 aromatic carbocycles. The number of carbonyl (C=O) groups is 2. The number of halogens is 1. The van der Waals surface area contributed by atoms with Gasteiger partial charge in [-0.2, -0.15) is 0 Å². The topological polar surface area (TPSA) is 96.7 Å². The molecule has 2 fully saturated rings. The van der Waals surface area contributed by atoms with Crippen LogP contribution in [0.15, 0.2) is 18.2 Å². The van der Waals surface area contributed by atoms with Gasteiger partial charge in [0.05, 0.1) is 17.6 Å². The van der Waals surface area contributed by atoms with E-state index in [4.69, 9.17) is 22.1 Å². The molecule has 8 heteroatoms. The standard InChI is InChI=1S/C19H27ClN4O3/c1-12-2-3-15(20)17(8-12)27-14-4-6-24(7-5-14)19(26)16-9-13(11-22-16)23-18(25)10-21/h2-3,8,13-14,16,22H,4-7,9-11,21H2,1H3,(H,23,25)/t13?,16-/m0/s1. The highest BCUT2D eigenvalue weighted by atomic mass is 35.5. The highest BCUT2D eigenvalue weighted by Crippen LogP contribution is 2.28. The molecule has 2 aliphatic heterocycles. The first-order valence-electron chi connectivity index (χ1n) is 9.40. The van der Waals surface area contributed by atoms with E-state index in [9.17, 15) is 9.59 Å². The van der Waals surface area contributed by atoms with E-state index in [0.29, 0.717) is 36.8 Å². The lowest BCUT2D eigenvalue weighted by Gasteiger charge is -2.33. The molecule has 0 spiro atoms. The molecule has 1 unspecified atom stereocenters. The Balaban J connectivity index is 1.47. The number of nitrogens with one attached hydrogen (secondary N) is 2. The first kappa shape index (κ1) is 19.9. The van der Waals surface area contributed by atoms with Crippen LogP contribution in [0.2, 0.25) is 5.02 Å². The highest BCUT2D eigenvalue weighted by molar-refractivity contribution is 6.32. The number of nitrogens with zero attached hydrogens (tertiary/aromatic N) is 1. The molecule has 2 atom stereocenters. The molecule has 27 heavy (non-hydrogen) atoms. The van der Waals surface area contributed by atoms with Gasteiger partial charge in [0.2, 0.25) is 11.8 Å². The van der Waals surface area contributed by atoms with Crippen molar-refractivity contribution in [2.24, 2.45) is 5.73 Å². The number of aryl methyl sites for hydroxylation is 1. The number of likely N-dealkylation sites (tertiary alicyclic amines) is 1. The van der Waals surface area contributed by atoms with Crippen LogP contribution in [0.25, 0.3) is 0 Å². The number of hydrogen-bond donors (Lipinski definition) is 3. The summed E-state index contributed by atoms with van der Waals surface area (Å²) >= 11 is 6.21. The zero-order chi connectivity index (χ0) is 19.4. The number of carbonyl (C=O) groups excluding carboxylic acids is 2. The average molecular weight is 395 g/mol. The lowest BCUT2D eigenvalue weighted by Crippen LogP contribution is -2.48. The van der Waals surface area contributed by atoms with Crippen LogP contribution in [0.3, 0.4) is 0 Å². The second-order valence-electron chi connectivity index (χ2n) is 7.24. The van der Waals surface area contributed by atoms with E-state index in [-0.39, 0.29) is 36.5 Å². The lowest BCUT2D eigenvalue weighted by molar-refractivity contribution is -0.135. The van der Waals surface area contributed by atoms with Crippen molar-refractivity contribution in [2.75, 3.05) is 26.2 Å². The maximum atomic E-state index is 12.7. The summed E-state index contributed by atoms with van der Waals surface area (Å²) in [6.45, 7) is 3.87. The Morgan fingerprint density at radius 2 is 2.11 bits per heavy atom. The van der Waals surface area contributed by atoms with Crippen LogP contribution in [-0.2, 0) is 9.59 Å². The first-order chi connectivity index (χ1) is 13.0. The Morgan fingerprint density at radius 1 is 1.37 bits per heavy atom. The summed E-state index contributed by atoms with van der Waals surface area (Å²) in [7, 11) is 0. The molecular weight excluding hydrogens is 368 g/mol. The van der Waals surface area contributed by atoms with Crippen molar-refractivity contribution in [1.82, 2.24) is 15.5 Å². The number of benzene rings is 1. The van der Waals surface area contributed by atoms with Crippen molar-refractivity contribution < 1.29 is 14.3 Å². The zero-order valence-electron chi connectivity index (χ0n) is 15.5. The molecule has 3 rings (SSSR count). The van der Waals surface area contributed by atoms with Gasteiger partial charge in [0.25, 0.3) is 0 Å². The summed E-state index contributed by atoms with van der Waals surface area (Å²) in [6.07, 6.45) is 2.20. The van der Waals surface area contributed by atoms with E-state index in [1.165, 1.54) is 0 Å². The molecule has 2 amide bonds. The molecule has 4 N–H and O–H groups in total. The van der Waals surface area contributed by atoms with Crippen molar-refractivity contribution in [2.45, 2.75) is 44.4 Å². The van der Waals surface area contributed by atoms with Gasteiger partial charge >= 0.3 is 0 Å². The molecule has 1 aromatic rings. The van der Waals surface area contributed by atoms with Crippen LogP contribution in [0.4, 0.5) is 0 Å². The van der Waals surface area contributed by atoms with Gasteiger partial charge in [-0.05, 0) is 31.0 Å². The number of piperidine rings is 1. The Bertz CT molecular complexity index is 692. The highest BCUT2D eigenvalue weighted by Gasteiger charge is 2.34. The van der Waals surface area contributed by atoms with Gasteiger partial charge in [-0.3, -0.25) is 9.59 Å². The van der Waals surface area contributed by atoms with E-state index < -0.39 is 0 Å². The molecule has 0 aliphatic carbocycles. The predicted octanol–water partition coefficient (Wildman–Crippen LogP) is 0.824. The average Bonchev–Trinajstić information content (AvgIpc) is 3.13. The lowest BCUT2D eigenvalue weighted by atomic mass is 10.1. The van der Waals surface area contributed by atoms with Gasteiger partial charge in [-0.1, -0.05) is 17.7 Å². The number of nitrogens with two attached hydrogens (primary N) is 1. The molecule has 0 aromatic heterocycles. The molecule has 148 valence electrons. The zero-order valence-corrected chi connectivity index (χ0v) is 16.3. The molecule has 2 heterocycles. The maximum Gasteiger partial charge on any atom is 0.239 e. The minimum absolute atomic E-state index is 0.0341. The monoisotopic (exact) mass is 394 g/mol. The minimum Gasteiger partial charge on any atom is -0.489 e. The van der Waals surface area contributed by atoms with Crippen LogP contribution >= 0.6 is 11.6 Å². The Kier molecular flexibility index (Phi) is 6.57. The van der Waals surface area contributed by atoms with E-state index >= 15 is 0 Å². The maximum absolute atomic E-state index is 12.7. The Hall–Kier alpha value is -1.83. The van der Waals surface area contributed by atoms with Crippen LogP contribution in [0.1, 0.15) is 24.8 Å². The van der Waals surface area contributed by atoms with E-state index in [0.717, 1.165) is 18.4 Å². The SMILES string of the molecule is Cc1ccc(Cl)c(OC2CCN(C(=O)[C@@H]3CC(NC(=O)CN)CN3)CC2)c1. The quantitative estimate of drug-likeness (QED) is 0.687.